The van der Waals surface area contributed by atoms with E-state index in [0.29, 0.717) is 19.3 Å². The Balaban J connectivity index is 4.57. The summed E-state index contributed by atoms with van der Waals surface area (Å²) in [5, 5.41) is 0. The molecule has 67 heavy (non-hydrogen) atoms. The lowest BCUT2D eigenvalue weighted by molar-refractivity contribution is -0.167. The topological polar surface area (TPSA) is 78.9 Å². The van der Waals surface area contributed by atoms with Gasteiger partial charge in [-0.2, -0.15) is 0 Å². The average Bonchev–Trinajstić information content (AvgIpc) is 3.33. The van der Waals surface area contributed by atoms with E-state index in [-0.39, 0.29) is 37.5 Å². The lowest BCUT2D eigenvalue weighted by Gasteiger charge is -2.18. The number of unbranched alkanes of at least 4 members (excludes halogenated alkanes) is 13. The zero-order valence-electron chi connectivity index (χ0n) is 42.9. The summed E-state index contributed by atoms with van der Waals surface area (Å²) in [6, 6.07) is 0. The fraction of sp³-hybridized carbons (Fsp3) is 0.590. The molecule has 0 aliphatic rings. The minimum atomic E-state index is -0.830. The van der Waals surface area contributed by atoms with E-state index in [1.54, 1.807) is 0 Å². The van der Waals surface area contributed by atoms with Crippen molar-refractivity contribution < 1.29 is 28.6 Å². The van der Waals surface area contributed by atoms with E-state index in [1.165, 1.54) is 38.5 Å². The van der Waals surface area contributed by atoms with Crippen LogP contribution in [0.15, 0.2) is 134 Å². The molecule has 0 aromatic carbocycles. The highest BCUT2D eigenvalue weighted by Crippen LogP contribution is 2.12. The third kappa shape index (κ3) is 52.4. The summed E-state index contributed by atoms with van der Waals surface area (Å²) in [7, 11) is 0. The standard InChI is InChI=1S/C61H96O6/c1-4-7-10-13-16-19-22-25-27-29-30-32-33-36-39-42-45-48-51-54-60(63)66-57-58(56-65-59(62)53-50-47-44-41-38-35-24-21-18-15-12-9-6-3)67-61(64)55-52-49-46-43-40-37-34-31-28-26-23-20-17-14-11-8-5-2/h7-8,10-11,16-17,19-21,24-28,30,32,34,36-37,39,43,46,58H,4-6,9,12-15,18,22-23,29,31,33,35,38,40-42,44-45,47-57H2,1-3H3/b10-7-,11-8-,19-16-,20-17-,24-21-,27-25-,28-26-,32-30-,37-34-,39-36-,46-43-. The van der Waals surface area contributed by atoms with Gasteiger partial charge < -0.3 is 14.2 Å². The maximum Gasteiger partial charge on any atom is 0.306 e. The summed E-state index contributed by atoms with van der Waals surface area (Å²) < 4.78 is 16.7. The maximum absolute atomic E-state index is 12.8. The highest BCUT2D eigenvalue weighted by atomic mass is 16.6. The Kier molecular flexibility index (Phi) is 50.6. The molecule has 0 aliphatic heterocycles. The summed E-state index contributed by atoms with van der Waals surface area (Å²) in [6.45, 7) is 6.29. The zero-order valence-corrected chi connectivity index (χ0v) is 42.9. The molecule has 0 saturated carbocycles. The molecular weight excluding hydrogens is 829 g/mol. The molecule has 0 radical (unpaired) electrons. The van der Waals surface area contributed by atoms with Crippen LogP contribution < -0.4 is 0 Å². The molecule has 0 saturated heterocycles. The highest BCUT2D eigenvalue weighted by molar-refractivity contribution is 5.71. The average molecular weight is 925 g/mol. The molecule has 0 aliphatic carbocycles. The summed E-state index contributed by atoms with van der Waals surface area (Å²) in [5.74, 6) is -1.03. The molecule has 1 unspecified atom stereocenters. The van der Waals surface area contributed by atoms with E-state index in [4.69, 9.17) is 14.2 Å². The Morgan fingerprint density at radius 2 is 0.597 bits per heavy atom. The van der Waals surface area contributed by atoms with Gasteiger partial charge in [0.15, 0.2) is 6.10 Å². The number of ether oxygens (including phenoxy) is 3. The van der Waals surface area contributed by atoms with E-state index in [1.807, 2.05) is 0 Å². The van der Waals surface area contributed by atoms with Gasteiger partial charge in [0.25, 0.3) is 0 Å². The SMILES string of the molecule is CC/C=C\C/C=C\C/C=C\C/C=C\C/C=C\CCCCCC(=O)OCC(COC(=O)CCCCCCC/C=C\CCCCCC)OC(=O)CCC/C=C\C/C=C\C/C=C\C/C=C\C/C=C\CC. The van der Waals surface area contributed by atoms with Crippen LogP contribution in [0.4, 0.5) is 0 Å². The number of esters is 3. The lowest BCUT2D eigenvalue weighted by atomic mass is 10.1. The van der Waals surface area contributed by atoms with Crippen LogP contribution in [0.1, 0.15) is 213 Å². The van der Waals surface area contributed by atoms with Crippen molar-refractivity contribution in [3.63, 3.8) is 0 Å². The summed E-state index contributed by atoms with van der Waals surface area (Å²) >= 11 is 0. The second-order valence-electron chi connectivity index (χ2n) is 17.0. The van der Waals surface area contributed by atoms with Gasteiger partial charge in [0.1, 0.15) is 13.2 Å². The maximum atomic E-state index is 12.8. The van der Waals surface area contributed by atoms with Gasteiger partial charge in [0.05, 0.1) is 0 Å². The molecule has 0 bridgehead atoms. The first-order chi connectivity index (χ1) is 33.0. The van der Waals surface area contributed by atoms with Gasteiger partial charge in [0.2, 0.25) is 0 Å². The molecule has 0 aromatic rings. The molecule has 1 atom stereocenters. The van der Waals surface area contributed by atoms with Crippen molar-refractivity contribution in [2.45, 2.75) is 219 Å². The predicted octanol–water partition coefficient (Wildman–Crippen LogP) is 17.9. The summed E-state index contributed by atoms with van der Waals surface area (Å²) in [6.07, 6.45) is 75.8. The van der Waals surface area contributed by atoms with Crippen molar-refractivity contribution in [1.29, 1.82) is 0 Å². The number of carbonyl (C=O) groups excluding carboxylic acids is 3. The molecule has 0 rings (SSSR count). The van der Waals surface area contributed by atoms with Gasteiger partial charge >= 0.3 is 17.9 Å². The van der Waals surface area contributed by atoms with E-state index in [9.17, 15) is 14.4 Å². The number of carbonyl (C=O) groups is 3. The second-order valence-corrected chi connectivity index (χ2v) is 17.0. The first-order valence-corrected chi connectivity index (χ1v) is 26.7. The molecule has 0 amide bonds. The fourth-order valence-corrected chi connectivity index (χ4v) is 6.67. The Morgan fingerprint density at radius 3 is 0.985 bits per heavy atom. The van der Waals surface area contributed by atoms with Crippen molar-refractivity contribution in [2.75, 3.05) is 13.2 Å². The van der Waals surface area contributed by atoms with Crippen LogP contribution in [-0.2, 0) is 28.6 Å². The molecule has 0 N–H and O–H groups in total. The van der Waals surface area contributed by atoms with E-state index < -0.39 is 6.10 Å². The molecule has 6 heteroatoms. The lowest BCUT2D eigenvalue weighted by Crippen LogP contribution is -2.30. The molecule has 0 aromatic heterocycles. The first kappa shape index (κ1) is 62.5. The van der Waals surface area contributed by atoms with Gasteiger partial charge in [-0.25, -0.2) is 0 Å². The zero-order chi connectivity index (χ0) is 48.6. The third-order valence-electron chi connectivity index (χ3n) is 10.6. The van der Waals surface area contributed by atoms with Gasteiger partial charge in [-0.1, -0.05) is 199 Å². The number of hydrogen-bond donors (Lipinski definition) is 0. The van der Waals surface area contributed by atoms with Gasteiger partial charge in [-0.3, -0.25) is 14.4 Å². The predicted molar refractivity (Wildman–Crippen MR) is 288 cm³/mol. The summed E-state index contributed by atoms with van der Waals surface area (Å²) in [4.78, 5) is 38.0. The monoisotopic (exact) mass is 925 g/mol. The highest BCUT2D eigenvalue weighted by Gasteiger charge is 2.19. The molecule has 0 heterocycles. The van der Waals surface area contributed by atoms with Crippen LogP contribution in [0.25, 0.3) is 0 Å². The Bertz CT molecular complexity index is 1480. The van der Waals surface area contributed by atoms with Crippen molar-refractivity contribution in [3.05, 3.63) is 134 Å². The Morgan fingerprint density at radius 1 is 0.313 bits per heavy atom. The van der Waals surface area contributed by atoms with Gasteiger partial charge in [-0.15, -0.1) is 0 Å². The molecule has 376 valence electrons. The largest absolute Gasteiger partial charge is 0.462 e. The number of rotatable bonds is 46. The normalized spacial score (nSPS) is 13.2. The smallest absolute Gasteiger partial charge is 0.306 e. The van der Waals surface area contributed by atoms with Crippen molar-refractivity contribution in [3.8, 4) is 0 Å². The minimum absolute atomic E-state index is 0.120. The number of allylic oxidation sites excluding steroid dienone is 22. The first-order valence-electron chi connectivity index (χ1n) is 26.7. The van der Waals surface area contributed by atoms with Crippen LogP contribution in [0, 0.1) is 0 Å². The van der Waals surface area contributed by atoms with Crippen molar-refractivity contribution >= 4 is 17.9 Å². The van der Waals surface area contributed by atoms with Crippen LogP contribution in [0.5, 0.6) is 0 Å². The van der Waals surface area contributed by atoms with E-state index >= 15 is 0 Å². The van der Waals surface area contributed by atoms with Crippen molar-refractivity contribution in [1.82, 2.24) is 0 Å². The fourth-order valence-electron chi connectivity index (χ4n) is 6.67. The van der Waals surface area contributed by atoms with Crippen LogP contribution in [0.2, 0.25) is 0 Å². The van der Waals surface area contributed by atoms with Crippen LogP contribution >= 0.6 is 0 Å². The Labute approximate surface area is 411 Å². The second kappa shape index (κ2) is 54.2. The van der Waals surface area contributed by atoms with Gasteiger partial charge in [-0.05, 0) is 128 Å². The Hall–Kier alpha value is -4.45. The molecule has 0 fully saturated rings. The third-order valence-corrected chi connectivity index (χ3v) is 10.6. The van der Waals surface area contributed by atoms with E-state index in [0.717, 1.165) is 128 Å². The van der Waals surface area contributed by atoms with Gasteiger partial charge in [0, 0.05) is 19.3 Å². The quantitative estimate of drug-likeness (QED) is 0.0262. The number of hydrogen-bond acceptors (Lipinski definition) is 6. The molecular formula is C61H96O6. The van der Waals surface area contributed by atoms with Crippen LogP contribution in [0.3, 0.4) is 0 Å². The summed E-state index contributed by atoms with van der Waals surface area (Å²) in [5.41, 5.74) is 0. The molecule has 6 nitrogen and oxygen atoms in total. The van der Waals surface area contributed by atoms with Crippen molar-refractivity contribution in [2.24, 2.45) is 0 Å². The molecule has 0 spiro atoms. The van der Waals surface area contributed by atoms with Crippen LogP contribution in [-0.4, -0.2) is 37.2 Å². The minimum Gasteiger partial charge on any atom is -0.462 e. The van der Waals surface area contributed by atoms with E-state index in [2.05, 4.69) is 154 Å².